The van der Waals surface area contributed by atoms with Gasteiger partial charge in [0.1, 0.15) is 11.9 Å². The topological polar surface area (TPSA) is 78.1 Å². The summed E-state index contributed by atoms with van der Waals surface area (Å²) in [5, 5.41) is 14.1. The van der Waals surface area contributed by atoms with E-state index in [0.717, 1.165) is 88.3 Å². The Morgan fingerprint density at radius 1 is 0.931 bits per heavy atom. The highest BCUT2D eigenvalue weighted by molar-refractivity contribution is 5.57. The van der Waals surface area contributed by atoms with Crippen LogP contribution in [0.4, 0.5) is 5.82 Å². The number of anilines is 1. The van der Waals surface area contributed by atoms with Gasteiger partial charge in [-0.15, -0.1) is 0 Å². The first-order chi connectivity index (χ1) is 14.2. The van der Waals surface area contributed by atoms with Crippen LogP contribution in [0.3, 0.4) is 0 Å². The van der Waals surface area contributed by atoms with E-state index in [-0.39, 0.29) is 5.56 Å². The molecule has 0 atom stereocenters. The summed E-state index contributed by atoms with van der Waals surface area (Å²) in [5.74, 6) is 0.851. The van der Waals surface area contributed by atoms with E-state index in [1.54, 1.807) is 10.7 Å². The van der Waals surface area contributed by atoms with Gasteiger partial charge < -0.3 is 4.90 Å². The van der Waals surface area contributed by atoms with Crippen LogP contribution in [-0.4, -0.2) is 52.4 Å². The van der Waals surface area contributed by atoms with Crippen LogP contribution < -0.4 is 10.5 Å². The molecule has 1 fully saturated rings. The molecule has 0 unspecified atom stereocenters. The number of fused-ring (bicyclic) bond motifs is 2. The molecule has 3 aliphatic rings. The third-order valence-corrected chi connectivity index (χ3v) is 6.47. The van der Waals surface area contributed by atoms with Gasteiger partial charge in [0.05, 0.1) is 17.8 Å². The molecule has 0 radical (unpaired) electrons. The number of piperazine rings is 1. The lowest BCUT2D eigenvalue weighted by atomic mass is 10.1. The van der Waals surface area contributed by atoms with Gasteiger partial charge in [0.15, 0.2) is 0 Å². The molecular formula is C22H26N6O. The van der Waals surface area contributed by atoms with Crippen LogP contribution in [0.25, 0.3) is 0 Å². The van der Waals surface area contributed by atoms with Crippen molar-refractivity contribution in [1.29, 1.82) is 5.26 Å². The van der Waals surface area contributed by atoms with Gasteiger partial charge in [0.25, 0.3) is 5.56 Å². The normalized spacial score (nSPS) is 18.5. The number of aryl methyl sites for hydroxylation is 4. The minimum atomic E-state index is 0.0188. The van der Waals surface area contributed by atoms with Gasteiger partial charge in [0.2, 0.25) is 0 Å². The van der Waals surface area contributed by atoms with Gasteiger partial charge in [-0.1, -0.05) is 0 Å². The Kier molecular flexibility index (Phi) is 4.80. The first-order valence-electron chi connectivity index (χ1n) is 10.7. The van der Waals surface area contributed by atoms with Gasteiger partial charge in [-0.25, -0.2) is 9.67 Å². The zero-order chi connectivity index (χ0) is 19.8. The van der Waals surface area contributed by atoms with E-state index < -0.39 is 0 Å². The van der Waals surface area contributed by atoms with Crippen LogP contribution in [0.2, 0.25) is 0 Å². The molecule has 7 heteroatoms. The molecule has 0 N–H and O–H groups in total. The van der Waals surface area contributed by atoms with Gasteiger partial charge >= 0.3 is 0 Å². The Hall–Kier alpha value is -2.72. The monoisotopic (exact) mass is 390 g/mol. The predicted molar refractivity (Wildman–Crippen MR) is 110 cm³/mol. The first kappa shape index (κ1) is 18.3. The van der Waals surface area contributed by atoms with Gasteiger partial charge in [-0.2, -0.15) is 10.4 Å². The zero-order valence-electron chi connectivity index (χ0n) is 16.7. The van der Waals surface area contributed by atoms with E-state index in [2.05, 4.69) is 21.0 Å². The van der Waals surface area contributed by atoms with Crippen molar-refractivity contribution in [2.45, 2.75) is 45.1 Å². The lowest BCUT2D eigenvalue weighted by molar-refractivity contribution is 0.242. The van der Waals surface area contributed by atoms with E-state index in [9.17, 15) is 10.1 Å². The first-order valence-corrected chi connectivity index (χ1v) is 10.7. The summed E-state index contributed by atoms with van der Waals surface area (Å²) in [6, 6.07) is 6.16. The summed E-state index contributed by atoms with van der Waals surface area (Å²) in [6.45, 7) is 4.97. The van der Waals surface area contributed by atoms with Crippen LogP contribution in [-0.2, 0) is 32.2 Å². The molecule has 150 valence electrons. The lowest BCUT2D eigenvalue weighted by Crippen LogP contribution is -2.48. The summed E-state index contributed by atoms with van der Waals surface area (Å²) in [5.41, 5.74) is 5.37. The smallest absolute Gasteiger partial charge is 0.267 e. The van der Waals surface area contributed by atoms with E-state index in [0.29, 0.717) is 12.1 Å². The molecule has 0 amide bonds. The van der Waals surface area contributed by atoms with E-state index >= 15 is 0 Å². The van der Waals surface area contributed by atoms with Crippen LogP contribution in [0.15, 0.2) is 16.9 Å². The second-order valence-corrected chi connectivity index (χ2v) is 8.29. The Morgan fingerprint density at radius 3 is 2.41 bits per heavy atom. The third-order valence-electron chi connectivity index (χ3n) is 6.47. The Balaban J connectivity index is 1.22. The molecule has 2 aromatic heterocycles. The Morgan fingerprint density at radius 2 is 1.66 bits per heavy atom. The quantitative estimate of drug-likeness (QED) is 0.783. The highest BCUT2D eigenvalue weighted by Crippen LogP contribution is 2.27. The summed E-state index contributed by atoms with van der Waals surface area (Å²) in [7, 11) is 0. The maximum Gasteiger partial charge on any atom is 0.267 e. The molecule has 1 aliphatic heterocycles. The van der Waals surface area contributed by atoms with E-state index in [4.69, 9.17) is 4.98 Å². The standard InChI is InChI=1S/C22H26N6O/c23-15-18-13-16-3-1-5-19(16)24-22(18)27-10-7-26(8-11-27)9-12-28-21(29)14-17-4-2-6-20(17)25-28/h13-14H,1-12H2. The number of pyridine rings is 1. The van der Waals surface area contributed by atoms with Crippen molar-refractivity contribution in [3.63, 3.8) is 0 Å². The molecule has 29 heavy (non-hydrogen) atoms. The number of nitriles is 1. The number of nitrogens with zero attached hydrogens (tertiary/aromatic N) is 6. The summed E-state index contributed by atoms with van der Waals surface area (Å²) < 4.78 is 1.63. The van der Waals surface area contributed by atoms with Gasteiger partial charge in [-0.05, 0) is 55.7 Å². The van der Waals surface area contributed by atoms with Gasteiger partial charge in [0, 0.05) is 44.5 Å². The molecule has 2 aromatic rings. The van der Waals surface area contributed by atoms with Crippen LogP contribution in [0.1, 0.15) is 40.9 Å². The summed E-state index contributed by atoms with van der Waals surface area (Å²) in [4.78, 5) is 21.7. The van der Waals surface area contributed by atoms with Gasteiger partial charge in [-0.3, -0.25) is 9.69 Å². The molecule has 1 saturated heterocycles. The number of hydrogen-bond acceptors (Lipinski definition) is 6. The largest absolute Gasteiger partial charge is 0.353 e. The average molecular weight is 390 g/mol. The number of rotatable bonds is 4. The van der Waals surface area contributed by atoms with Crippen molar-refractivity contribution in [3.8, 4) is 6.07 Å². The molecule has 3 heterocycles. The maximum atomic E-state index is 12.3. The molecule has 5 rings (SSSR count). The SMILES string of the molecule is N#Cc1cc2c(nc1N1CCN(CCn3nc4c(cc3=O)CCC4)CC1)CCC2. The molecular weight excluding hydrogens is 364 g/mol. The number of aromatic nitrogens is 3. The zero-order valence-corrected chi connectivity index (χ0v) is 16.7. The summed E-state index contributed by atoms with van der Waals surface area (Å²) in [6.07, 6.45) is 6.29. The van der Waals surface area contributed by atoms with Crippen LogP contribution in [0.5, 0.6) is 0 Å². The third kappa shape index (κ3) is 3.53. The minimum Gasteiger partial charge on any atom is -0.353 e. The molecule has 0 aromatic carbocycles. The maximum absolute atomic E-state index is 12.3. The molecule has 0 saturated carbocycles. The lowest BCUT2D eigenvalue weighted by Gasteiger charge is -2.35. The number of hydrogen-bond donors (Lipinski definition) is 0. The molecule has 0 bridgehead atoms. The fourth-order valence-electron chi connectivity index (χ4n) is 4.80. The average Bonchev–Trinajstić information content (AvgIpc) is 3.39. The van der Waals surface area contributed by atoms with E-state index in [1.165, 1.54) is 11.3 Å². The van der Waals surface area contributed by atoms with Crippen molar-refractivity contribution in [2.75, 3.05) is 37.6 Å². The summed E-state index contributed by atoms with van der Waals surface area (Å²) >= 11 is 0. The van der Waals surface area contributed by atoms with Crippen molar-refractivity contribution in [3.05, 3.63) is 50.6 Å². The highest BCUT2D eigenvalue weighted by atomic mass is 16.1. The molecule has 7 nitrogen and oxygen atoms in total. The van der Waals surface area contributed by atoms with E-state index in [1.807, 2.05) is 6.07 Å². The molecule has 0 spiro atoms. The molecule has 2 aliphatic carbocycles. The fraction of sp³-hybridized carbons (Fsp3) is 0.545. The van der Waals surface area contributed by atoms with Crippen LogP contribution >= 0.6 is 0 Å². The van der Waals surface area contributed by atoms with Crippen molar-refractivity contribution < 1.29 is 0 Å². The van der Waals surface area contributed by atoms with Crippen molar-refractivity contribution >= 4 is 5.82 Å². The Bertz CT molecular complexity index is 1030. The second kappa shape index (κ2) is 7.60. The second-order valence-electron chi connectivity index (χ2n) is 8.29. The fourth-order valence-corrected chi connectivity index (χ4v) is 4.80. The highest BCUT2D eigenvalue weighted by Gasteiger charge is 2.24. The van der Waals surface area contributed by atoms with Crippen molar-refractivity contribution in [1.82, 2.24) is 19.7 Å². The minimum absolute atomic E-state index is 0.0188. The predicted octanol–water partition coefficient (Wildman–Crippen LogP) is 1.31. The Labute approximate surface area is 170 Å². The van der Waals surface area contributed by atoms with Crippen molar-refractivity contribution in [2.24, 2.45) is 0 Å². The van der Waals surface area contributed by atoms with Crippen LogP contribution in [0, 0.1) is 11.3 Å².